The molecule has 5 heteroatoms. The maximum atomic E-state index is 11.7. The summed E-state index contributed by atoms with van der Waals surface area (Å²) in [6, 6.07) is 0. The second-order valence-electron chi connectivity index (χ2n) is 4.77. The van der Waals surface area contributed by atoms with Crippen LogP contribution in [0.1, 0.15) is 26.7 Å². The summed E-state index contributed by atoms with van der Waals surface area (Å²) < 4.78 is 10.4. The Kier molecular flexibility index (Phi) is 2.37. The molecule has 15 heavy (non-hydrogen) atoms. The molecule has 76 valence electrons. The fraction of sp³-hybridized carbons (Fsp3) is 0.800. The third-order valence-corrected chi connectivity index (χ3v) is 4.42. The summed E-state index contributed by atoms with van der Waals surface area (Å²) in [4.78, 5) is 23.3. The van der Waals surface area contributed by atoms with Crippen molar-refractivity contribution in [3.8, 4) is 0 Å². The van der Waals surface area contributed by atoms with Gasteiger partial charge in [0.25, 0.3) is 0 Å². The van der Waals surface area contributed by atoms with Crippen molar-refractivity contribution in [3.63, 3.8) is 0 Å². The van der Waals surface area contributed by atoms with Gasteiger partial charge in [0.2, 0.25) is 0 Å². The molecule has 0 aromatic heterocycles. The first-order valence-corrected chi connectivity index (χ1v) is 4.93. The van der Waals surface area contributed by atoms with Crippen LogP contribution in [-0.2, 0) is 19.1 Å². The Morgan fingerprint density at radius 3 is 1.87 bits per heavy atom. The van der Waals surface area contributed by atoms with Gasteiger partial charge in [-0.25, -0.2) is 0 Å². The molecule has 0 unspecified atom stereocenters. The topological polar surface area (TPSA) is 52.6 Å². The number of carbonyl (C=O) groups is 2. The fourth-order valence-electron chi connectivity index (χ4n) is 3.14. The van der Waals surface area contributed by atoms with Crippen LogP contribution in [0.3, 0.4) is 0 Å². The van der Waals surface area contributed by atoms with E-state index >= 15 is 0 Å². The molecular weight excluding hydrogens is 207 g/mol. The van der Waals surface area contributed by atoms with Crippen LogP contribution in [-0.4, -0.2) is 24.1 Å². The number of hydrogen-bond donors (Lipinski definition) is 0. The summed E-state index contributed by atoms with van der Waals surface area (Å²) in [5, 5.41) is 0. The molecule has 0 aromatic carbocycles. The van der Waals surface area contributed by atoms with Crippen molar-refractivity contribution in [2.75, 3.05) is 0 Å². The first-order chi connectivity index (χ1) is 6.51. The number of ether oxygens (including phenoxy) is 2. The SMILES string of the molecule is C[C@@]12C(=O)OC(=O)[C@]1(C)[C@@H]1CC[C@H]2O1.[Na+]. The average molecular weight is 219 g/mol. The maximum absolute atomic E-state index is 11.7. The van der Waals surface area contributed by atoms with E-state index < -0.39 is 22.8 Å². The molecule has 4 nitrogen and oxygen atoms in total. The second kappa shape index (κ2) is 3.06. The summed E-state index contributed by atoms with van der Waals surface area (Å²) in [6.45, 7) is 3.59. The normalized spacial score (nSPS) is 51.3. The Labute approximate surface area is 110 Å². The molecule has 3 saturated heterocycles. The molecule has 0 aliphatic carbocycles. The van der Waals surface area contributed by atoms with Gasteiger partial charge in [0.1, 0.15) is 10.8 Å². The minimum absolute atomic E-state index is 0. The van der Waals surface area contributed by atoms with Crippen LogP contribution in [0.25, 0.3) is 0 Å². The van der Waals surface area contributed by atoms with Crippen molar-refractivity contribution in [1.82, 2.24) is 0 Å². The number of fused-ring (bicyclic) bond motifs is 5. The first-order valence-electron chi connectivity index (χ1n) is 4.93. The zero-order valence-corrected chi connectivity index (χ0v) is 11.2. The van der Waals surface area contributed by atoms with E-state index in [0.29, 0.717) is 0 Å². The van der Waals surface area contributed by atoms with Crippen molar-refractivity contribution in [1.29, 1.82) is 0 Å². The minimum atomic E-state index is -0.743. The first kappa shape index (κ1) is 11.6. The van der Waals surface area contributed by atoms with E-state index in [0.717, 1.165) is 12.8 Å². The Morgan fingerprint density at radius 1 is 1.07 bits per heavy atom. The largest absolute Gasteiger partial charge is 1.00 e. The van der Waals surface area contributed by atoms with Crippen molar-refractivity contribution < 1.29 is 48.6 Å². The minimum Gasteiger partial charge on any atom is -0.392 e. The standard InChI is InChI=1S/C10H12O4.Na/c1-9-5-3-4-6(13-5)10(9,2)8(12)14-7(9)11;/h5-6H,3-4H2,1-2H3;/q;+1/t5-,6+,9-,10+;. The molecule has 3 aliphatic heterocycles. The molecule has 0 spiro atoms. The maximum Gasteiger partial charge on any atom is 1.00 e. The third-order valence-electron chi connectivity index (χ3n) is 4.42. The van der Waals surface area contributed by atoms with Crippen LogP contribution >= 0.6 is 0 Å². The molecule has 0 N–H and O–H groups in total. The summed E-state index contributed by atoms with van der Waals surface area (Å²) in [7, 11) is 0. The molecule has 0 saturated carbocycles. The van der Waals surface area contributed by atoms with Crippen molar-refractivity contribution in [2.24, 2.45) is 10.8 Å². The molecule has 4 atom stereocenters. The molecule has 0 aromatic rings. The zero-order chi connectivity index (χ0) is 10.1. The van der Waals surface area contributed by atoms with Gasteiger partial charge in [-0.3, -0.25) is 9.59 Å². The molecule has 3 heterocycles. The van der Waals surface area contributed by atoms with Crippen LogP contribution in [0.2, 0.25) is 0 Å². The van der Waals surface area contributed by atoms with Crippen LogP contribution in [0.5, 0.6) is 0 Å². The molecule has 3 rings (SSSR count). The van der Waals surface area contributed by atoms with Gasteiger partial charge in [-0.1, -0.05) is 0 Å². The van der Waals surface area contributed by atoms with Gasteiger partial charge >= 0.3 is 41.5 Å². The van der Waals surface area contributed by atoms with E-state index in [9.17, 15) is 9.59 Å². The molecular formula is C10H12NaO4+. The van der Waals surface area contributed by atoms with Gasteiger partial charge in [0.05, 0.1) is 12.2 Å². The van der Waals surface area contributed by atoms with Gasteiger partial charge in [-0.15, -0.1) is 0 Å². The number of hydrogen-bond acceptors (Lipinski definition) is 4. The van der Waals surface area contributed by atoms with Crippen LogP contribution in [0.4, 0.5) is 0 Å². The van der Waals surface area contributed by atoms with Crippen LogP contribution < -0.4 is 29.6 Å². The Balaban J connectivity index is 0.000000853. The van der Waals surface area contributed by atoms with Gasteiger partial charge in [0.15, 0.2) is 0 Å². The van der Waals surface area contributed by atoms with E-state index in [1.165, 1.54) is 0 Å². The molecule has 3 aliphatic rings. The summed E-state index contributed by atoms with van der Waals surface area (Å²) >= 11 is 0. The predicted molar refractivity (Wildman–Crippen MR) is 45.2 cm³/mol. The summed E-state index contributed by atoms with van der Waals surface area (Å²) in [6.07, 6.45) is 1.46. The van der Waals surface area contributed by atoms with E-state index in [-0.39, 0.29) is 41.8 Å². The number of cyclic esters (lactones) is 2. The molecule has 2 bridgehead atoms. The molecule has 3 fully saturated rings. The van der Waals surface area contributed by atoms with E-state index in [1.807, 2.05) is 0 Å². The average Bonchev–Trinajstić information content (AvgIpc) is 2.73. The zero-order valence-electron chi connectivity index (χ0n) is 9.20. The smallest absolute Gasteiger partial charge is 0.392 e. The van der Waals surface area contributed by atoms with Crippen LogP contribution in [0, 0.1) is 10.8 Å². The van der Waals surface area contributed by atoms with E-state index in [2.05, 4.69) is 0 Å². The van der Waals surface area contributed by atoms with E-state index in [4.69, 9.17) is 9.47 Å². The van der Waals surface area contributed by atoms with Gasteiger partial charge in [-0.2, -0.15) is 0 Å². The number of rotatable bonds is 0. The predicted octanol–water partition coefficient (Wildman–Crippen LogP) is -2.35. The fourth-order valence-corrected chi connectivity index (χ4v) is 3.14. The third kappa shape index (κ3) is 0.971. The van der Waals surface area contributed by atoms with E-state index in [1.54, 1.807) is 13.8 Å². The Morgan fingerprint density at radius 2 is 1.47 bits per heavy atom. The second-order valence-corrected chi connectivity index (χ2v) is 4.77. The van der Waals surface area contributed by atoms with Crippen molar-refractivity contribution in [2.45, 2.75) is 38.9 Å². The Hall–Kier alpha value is 0.1000. The van der Waals surface area contributed by atoms with Crippen molar-refractivity contribution in [3.05, 3.63) is 0 Å². The van der Waals surface area contributed by atoms with Gasteiger partial charge < -0.3 is 9.47 Å². The molecule has 0 radical (unpaired) electrons. The van der Waals surface area contributed by atoms with Gasteiger partial charge in [-0.05, 0) is 26.7 Å². The van der Waals surface area contributed by atoms with Gasteiger partial charge in [0, 0.05) is 0 Å². The monoisotopic (exact) mass is 219 g/mol. The number of carbonyl (C=O) groups excluding carboxylic acids is 2. The van der Waals surface area contributed by atoms with Crippen molar-refractivity contribution >= 4 is 11.9 Å². The quantitative estimate of drug-likeness (QED) is 0.260. The van der Waals surface area contributed by atoms with Crippen LogP contribution in [0.15, 0.2) is 0 Å². The summed E-state index contributed by atoms with van der Waals surface area (Å²) in [5.41, 5.74) is -1.49. The summed E-state index contributed by atoms with van der Waals surface area (Å²) in [5.74, 6) is -0.811. The number of esters is 2. The molecule has 0 amide bonds. The Bertz CT molecular complexity index is 323.